The fourth-order valence-corrected chi connectivity index (χ4v) is 4.65. The molecule has 3 heteroatoms. The van der Waals surface area contributed by atoms with Crippen LogP contribution < -0.4 is 0 Å². The van der Waals surface area contributed by atoms with E-state index in [1.54, 1.807) is 17.7 Å². The van der Waals surface area contributed by atoms with Gasteiger partial charge in [-0.2, -0.15) is 0 Å². The third-order valence-corrected chi connectivity index (χ3v) is 6.16. The van der Waals surface area contributed by atoms with E-state index in [1.165, 1.54) is 35.9 Å². The Morgan fingerprint density at radius 2 is 1.58 bits per heavy atom. The van der Waals surface area contributed by atoms with Gasteiger partial charge in [-0.3, -0.25) is 0 Å². The van der Waals surface area contributed by atoms with Crippen molar-refractivity contribution in [2.75, 3.05) is 13.2 Å². The lowest BCUT2D eigenvalue weighted by atomic mass is 9.76. The first kappa shape index (κ1) is 16.1. The summed E-state index contributed by atoms with van der Waals surface area (Å²) in [5.74, 6) is 0.994. The number of benzene rings is 2. The normalized spacial score (nSPS) is 19.0. The average molecular weight is 349 g/mol. The molecule has 0 atom stereocenters. The standard InChI is InChI=1S/C23H24FNO/c24-18-8-10-19(11-9-18)25-21-7-2-1-6-20(21)22(16-4-3-5-16)23(25)17-12-14-26-15-13-17/h1-2,6-11,16-17H,3-5,12-15H2. The minimum Gasteiger partial charge on any atom is -0.381 e. The van der Waals surface area contributed by atoms with Crippen LogP contribution >= 0.6 is 0 Å². The Balaban J connectivity index is 1.79. The lowest BCUT2D eigenvalue weighted by Gasteiger charge is -2.31. The first-order valence-electron chi connectivity index (χ1n) is 9.80. The van der Waals surface area contributed by atoms with Crippen LogP contribution in [0.3, 0.4) is 0 Å². The Morgan fingerprint density at radius 3 is 2.27 bits per heavy atom. The maximum absolute atomic E-state index is 13.5. The van der Waals surface area contributed by atoms with Crippen molar-refractivity contribution in [1.82, 2.24) is 4.57 Å². The number of fused-ring (bicyclic) bond motifs is 1. The zero-order chi connectivity index (χ0) is 17.5. The minimum atomic E-state index is -0.183. The molecule has 3 aromatic rings. The first-order valence-corrected chi connectivity index (χ1v) is 9.80. The summed E-state index contributed by atoms with van der Waals surface area (Å²) in [5, 5.41) is 1.38. The van der Waals surface area contributed by atoms with Gasteiger partial charge in [-0.1, -0.05) is 24.6 Å². The van der Waals surface area contributed by atoms with Gasteiger partial charge in [-0.25, -0.2) is 4.39 Å². The molecule has 1 aromatic heterocycles. The van der Waals surface area contributed by atoms with Crippen LogP contribution in [0.1, 0.15) is 55.2 Å². The third kappa shape index (κ3) is 2.57. The highest BCUT2D eigenvalue weighted by molar-refractivity contribution is 5.88. The largest absolute Gasteiger partial charge is 0.381 e. The molecule has 2 aromatic carbocycles. The van der Waals surface area contributed by atoms with Crippen LogP contribution in [0.5, 0.6) is 0 Å². The van der Waals surface area contributed by atoms with Crippen molar-refractivity contribution in [3.05, 3.63) is 65.6 Å². The quantitative estimate of drug-likeness (QED) is 0.571. The maximum Gasteiger partial charge on any atom is 0.123 e. The second-order valence-corrected chi connectivity index (χ2v) is 7.64. The molecule has 0 amide bonds. The van der Waals surface area contributed by atoms with Crippen LogP contribution in [0.15, 0.2) is 48.5 Å². The molecule has 0 unspecified atom stereocenters. The minimum absolute atomic E-state index is 0.183. The number of para-hydroxylation sites is 1. The fourth-order valence-electron chi connectivity index (χ4n) is 4.65. The molecule has 2 heterocycles. The molecule has 26 heavy (non-hydrogen) atoms. The number of hydrogen-bond acceptors (Lipinski definition) is 1. The van der Waals surface area contributed by atoms with Gasteiger partial charge in [0.05, 0.1) is 5.52 Å². The molecule has 0 bridgehead atoms. The molecule has 2 fully saturated rings. The average Bonchev–Trinajstić information content (AvgIpc) is 2.97. The molecule has 2 aliphatic rings. The Morgan fingerprint density at radius 1 is 0.846 bits per heavy atom. The van der Waals surface area contributed by atoms with E-state index in [2.05, 4.69) is 28.8 Å². The zero-order valence-corrected chi connectivity index (χ0v) is 15.0. The van der Waals surface area contributed by atoms with Crippen LogP contribution in [-0.4, -0.2) is 17.8 Å². The van der Waals surface area contributed by atoms with Gasteiger partial charge in [0.1, 0.15) is 5.82 Å². The van der Waals surface area contributed by atoms with Gasteiger partial charge in [0.25, 0.3) is 0 Å². The Labute approximate surface area is 153 Å². The number of hydrogen-bond donors (Lipinski definition) is 0. The molecule has 0 spiro atoms. The zero-order valence-electron chi connectivity index (χ0n) is 15.0. The third-order valence-electron chi connectivity index (χ3n) is 6.16. The summed E-state index contributed by atoms with van der Waals surface area (Å²) in [6.45, 7) is 1.67. The van der Waals surface area contributed by atoms with Crippen molar-refractivity contribution >= 4 is 10.9 Å². The molecular formula is C23H24FNO. The highest BCUT2D eigenvalue weighted by atomic mass is 19.1. The van der Waals surface area contributed by atoms with E-state index < -0.39 is 0 Å². The van der Waals surface area contributed by atoms with Crippen molar-refractivity contribution in [2.24, 2.45) is 0 Å². The van der Waals surface area contributed by atoms with Crippen molar-refractivity contribution in [3.8, 4) is 5.69 Å². The molecule has 5 rings (SSSR count). The predicted octanol–water partition coefficient (Wildman–Crippen LogP) is 5.93. The SMILES string of the molecule is Fc1ccc(-n2c(C3CCOCC3)c(C3CCC3)c3ccccc32)cc1. The summed E-state index contributed by atoms with van der Waals surface area (Å²) < 4.78 is 21.6. The van der Waals surface area contributed by atoms with E-state index in [0.717, 1.165) is 31.7 Å². The van der Waals surface area contributed by atoms with Crippen LogP contribution in [0.4, 0.5) is 4.39 Å². The second-order valence-electron chi connectivity index (χ2n) is 7.64. The predicted molar refractivity (Wildman–Crippen MR) is 103 cm³/mol. The van der Waals surface area contributed by atoms with Gasteiger partial charge in [0.15, 0.2) is 0 Å². The summed E-state index contributed by atoms with van der Waals surface area (Å²) in [6.07, 6.45) is 6.03. The highest BCUT2D eigenvalue weighted by Gasteiger charge is 2.32. The van der Waals surface area contributed by atoms with Crippen molar-refractivity contribution in [3.63, 3.8) is 0 Å². The molecule has 1 saturated carbocycles. The van der Waals surface area contributed by atoms with Crippen molar-refractivity contribution < 1.29 is 9.13 Å². The molecule has 1 saturated heterocycles. The summed E-state index contributed by atoms with van der Waals surface area (Å²) in [6, 6.07) is 15.7. The monoisotopic (exact) mass is 349 g/mol. The van der Waals surface area contributed by atoms with Crippen molar-refractivity contribution in [2.45, 2.75) is 43.9 Å². The lowest BCUT2D eigenvalue weighted by molar-refractivity contribution is 0.0839. The highest BCUT2D eigenvalue weighted by Crippen LogP contribution is 2.47. The number of aromatic nitrogens is 1. The number of halogens is 1. The van der Waals surface area contributed by atoms with Gasteiger partial charge in [-0.05, 0) is 67.5 Å². The van der Waals surface area contributed by atoms with Gasteiger partial charge in [0.2, 0.25) is 0 Å². The van der Waals surface area contributed by atoms with E-state index in [9.17, 15) is 4.39 Å². The number of nitrogens with zero attached hydrogens (tertiary/aromatic N) is 1. The summed E-state index contributed by atoms with van der Waals surface area (Å²) >= 11 is 0. The molecular weight excluding hydrogens is 325 g/mol. The molecule has 1 aliphatic heterocycles. The van der Waals surface area contributed by atoms with Gasteiger partial charge >= 0.3 is 0 Å². The molecule has 134 valence electrons. The summed E-state index contributed by atoms with van der Waals surface area (Å²) in [4.78, 5) is 0. The number of rotatable bonds is 3. The Kier molecular flexibility index (Phi) is 4.05. The first-order chi connectivity index (χ1) is 12.8. The fraction of sp³-hybridized carbons (Fsp3) is 0.391. The maximum atomic E-state index is 13.5. The van der Waals surface area contributed by atoms with Crippen LogP contribution in [-0.2, 0) is 4.74 Å². The van der Waals surface area contributed by atoms with E-state index >= 15 is 0 Å². The lowest BCUT2D eigenvalue weighted by Crippen LogP contribution is -2.20. The van der Waals surface area contributed by atoms with E-state index in [-0.39, 0.29) is 5.82 Å². The van der Waals surface area contributed by atoms with Gasteiger partial charge in [-0.15, -0.1) is 0 Å². The molecule has 2 nitrogen and oxygen atoms in total. The number of ether oxygens (including phenoxy) is 1. The second kappa shape index (κ2) is 6.55. The van der Waals surface area contributed by atoms with Crippen LogP contribution in [0.25, 0.3) is 16.6 Å². The van der Waals surface area contributed by atoms with Crippen molar-refractivity contribution in [1.29, 1.82) is 0 Å². The Hall–Kier alpha value is -2.13. The summed E-state index contributed by atoms with van der Waals surface area (Å²) in [5.41, 5.74) is 5.31. The van der Waals surface area contributed by atoms with E-state index in [0.29, 0.717) is 11.8 Å². The molecule has 0 radical (unpaired) electrons. The van der Waals surface area contributed by atoms with Gasteiger partial charge in [0, 0.05) is 35.9 Å². The summed E-state index contributed by atoms with van der Waals surface area (Å²) in [7, 11) is 0. The molecule has 0 N–H and O–H groups in total. The Bertz CT molecular complexity index is 917. The smallest absolute Gasteiger partial charge is 0.123 e. The van der Waals surface area contributed by atoms with E-state index in [1.807, 2.05) is 12.1 Å². The molecule has 1 aliphatic carbocycles. The van der Waals surface area contributed by atoms with Gasteiger partial charge < -0.3 is 9.30 Å². The van der Waals surface area contributed by atoms with Crippen LogP contribution in [0, 0.1) is 5.82 Å². The topological polar surface area (TPSA) is 14.2 Å². The van der Waals surface area contributed by atoms with E-state index in [4.69, 9.17) is 4.74 Å². The van der Waals surface area contributed by atoms with Crippen LogP contribution in [0.2, 0.25) is 0 Å².